The lowest BCUT2D eigenvalue weighted by Gasteiger charge is -2.10. The van der Waals surface area contributed by atoms with Gasteiger partial charge in [0.2, 0.25) is 0 Å². The molecule has 0 aromatic rings. The Balaban J connectivity index is 0.000000249. The fraction of sp³-hybridized carbons (Fsp3) is 0.700. The summed E-state index contributed by atoms with van der Waals surface area (Å²) in [6.07, 6.45) is 0. The number of carboxylic acid groups (broad SMARTS) is 1. The van der Waals surface area contributed by atoms with Crippen LogP contribution < -0.4 is 5.32 Å². The molecule has 1 rings (SSSR count). The fourth-order valence-electron chi connectivity index (χ4n) is 0.763. The summed E-state index contributed by atoms with van der Waals surface area (Å²) in [4.78, 5) is 10.0. The summed E-state index contributed by atoms with van der Waals surface area (Å²) in [5.74, 6) is -0.854. The Morgan fingerprint density at radius 2 is 1.93 bits per heavy atom. The highest BCUT2D eigenvalue weighted by molar-refractivity contribution is 5.86. The van der Waals surface area contributed by atoms with Crippen molar-refractivity contribution in [1.29, 1.82) is 0 Å². The summed E-state index contributed by atoms with van der Waals surface area (Å²) in [6.45, 7) is 10.8. The second kappa shape index (κ2) is 7.53. The molecule has 2 N–H and O–H groups in total. The molecule has 1 aliphatic rings. The SMILES string of the molecule is C1COCCN1.C=C(C(=O)O)C(C)C. The molecule has 0 spiro atoms. The lowest BCUT2D eigenvalue weighted by Crippen LogP contribution is -2.30. The molecule has 0 amide bonds. The number of carboxylic acids is 1. The van der Waals surface area contributed by atoms with Crippen molar-refractivity contribution in [2.75, 3.05) is 26.3 Å². The standard InChI is InChI=1S/C6H10O2.C4H9NO/c1-4(2)5(3)6(7)8;1-3-6-4-2-5-1/h4H,3H2,1-2H3,(H,7,8);5H,1-4H2. The number of ether oxygens (including phenoxy) is 1. The minimum atomic E-state index is -0.903. The van der Waals surface area contributed by atoms with E-state index >= 15 is 0 Å². The zero-order chi connectivity index (χ0) is 11.0. The molecule has 0 radical (unpaired) electrons. The first-order valence-corrected chi connectivity index (χ1v) is 4.76. The van der Waals surface area contributed by atoms with Crippen molar-refractivity contribution >= 4 is 5.97 Å². The normalized spacial score (nSPS) is 15.6. The molecule has 0 atom stereocenters. The Morgan fingerprint density at radius 3 is 2.00 bits per heavy atom. The van der Waals surface area contributed by atoms with Crippen molar-refractivity contribution in [1.82, 2.24) is 5.32 Å². The van der Waals surface area contributed by atoms with Crippen LogP contribution in [0.5, 0.6) is 0 Å². The van der Waals surface area contributed by atoms with Gasteiger partial charge < -0.3 is 15.2 Å². The first kappa shape index (κ1) is 13.1. The predicted octanol–water partition coefficient (Wildman–Crippen LogP) is 0.889. The topological polar surface area (TPSA) is 58.6 Å². The van der Waals surface area contributed by atoms with Crippen LogP contribution in [0.15, 0.2) is 12.2 Å². The quantitative estimate of drug-likeness (QED) is 0.651. The number of hydrogen-bond donors (Lipinski definition) is 2. The van der Waals surface area contributed by atoms with E-state index < -0.39 is 5.97 Å². The smallest absolute Gasteiger partial charge is 0.331 e. The van der Waals surface area contributed by atoms with E-state index in [0.29, 0.717) is 0 Å². The summed E-state index contributed by atoms with van der Waals surface area (Å²) in [7, 11) is 0. The van der Waals surface area contributed by atoms with Crippen molar-refractivity contribution < 1.29 is 14.6 Å². The van der Waals surface area contributed by atoms with Crippen LogP contribution in [-0.4, -0.2) is 37.4 Å². The van der Waals surface area contributed by atoms with Gasteiger partial charge in [0, 0.05) is 18.7 Å². The molecule has 1 heterocycles. The van der Waals surface area contributed by atoms with Gasteiger partial charge in [-0.1, -0.05) is 20.4 Å². The van der Waals surface area contributed by atoms with Crippen LogP contribution in [0.2, 0.25) is 0 Å². The molecule has 1 fully saturated rings. The average molecular weight is 201 g/mol. The van der Waals surface area contributed by atoms with E-state index in [-0.39, 0.29) is 11.5 Å². The van der Waals surface area contributed by atoms with E-state index in [2.05, 4.69) is 11.9 Å². The molecule has 0 aromatic heterocycles. The van der Waals surface area contributed by atoms with E-state index in [1.54, 1.807) is 13.8 Å². The number of rotatable bonds is 2. The predicted molar refractivity (Wildman–Crippen MR) is 55.3 cm³/mol. The van der Waals surface area contributed by atoms with Gasteiger partial charge in [0.1, 0.15) is 0 Å². The first-order valence-electron chi connectivity index (χ1n) is 4.76. The van der Waals surface area contributed by atoms with Crippen LogP contribution in [0.4, 0.5) is 0 Å². The lowest BCUT2D eigenvalue weighted by molar-refractivity contribution is -0.133. The highest BCUT2D eigenvalue weighted by Crippen LogP contribution is 2.04. The third-order valence-electron chi connectivity index (χ3n) is 1.82. The number of aliphatic carboxylic acids is 1. The second-order valence-corrected chi connectivity index (χ2v) is 3.35. The van der Waals surface area contributed by atoms with Crippen LogP contribution in [0.1, 0.15) is 13.8 Å². The van der Waals surface area contributed by atoms with Crippen LogP contribution in [-0.2, 0) is 9.53 Å². The number of morpholine rings is 1. The summed E-state index contributed by atoms with van der Waals surface area (Å²) in [6, 6.07) is 0. The molecular weight excluding hydrogens is 182 g/mol. The molecule has 0 aromatic carbocycles. The van der Waals surface area contributed by atoms with E-state index in [1.165, 1.54) is 0 Å². The van der Waals surface area contributed by atoms with Gasteiger partial charge in [-0.2, -0.15) is 0 Å². The van der Waals surface area contributed by atoms with Crippen LogP contribution in [0.3, 0.4) is 0 Å². The molecule has 1 saturated heterocycles. The van der Waals surface area contributed by atoms with Gasteiger partial charge in [-0.05, 0) is 5.92 Å². The van der Waals surface area contributed by atoms with Gasteiger partial charge in [-0.25, -0.2) is 4.79 Å². The molecule has 0 saturated carbocycles. The van der Waals surface area contributed by atoms with E-state index in [9.17, 15) is 4.79 Å². The highest BCUT2D eigenvalue weighted by Gasteiger charge is 2.06. The van der Waals surface area contributed by atoms with Crippen molar-refractivity contribution in [2.45, 2.75) is 13.8 Å². The first-order chi connectivity index (χ1) is 6.55. The maximum Gasteiger partial charge on any atom is 0.331 e. The molecule has 0 unspecified atom stereocenters. The number of hydrogen-bond acceptors (Lipinski definition) is 3. The average Bonchev–Trinajstić information content (AvgIpc) is 2.20. The van der Waals surface area contributed by atoms with E-state index in [4.69, 9.17) is 9.84 Å². The Bertz CT molecular complexity index is 174. The highest BCUT2D eigenvalue weighted by atomic mass is 16.5. The molecule has 14 heavy (non-hydrogen) atoms. The van der Waals surface area contributed by atoms with Gasteiger partial charge in [0.25, 0.3) is 0 Å². The Labute approximate surface area is 85.0 Å². The van der Waals surface area contributed by atoms with Crippen molar-refractivity contribution in [3.05, 3.63) is 12.2 Å². The van der Waals surface area contributed by atoms with Crippen LogP contribution in [0, 0.1) is 5.92 Å². The summed E-state index contributed by atoms with van der Waals surface area (Å²) in [5, 5.41) is 11.4. The maximum absolute atomic E-state index is 10.0. The zero-order valence-corrected chi connectivity index (χ0v) is 8.88. The molecule has 1 aliphatic heterocycles. The minimum Gasteiger partial charge on any atom is -0.478 e. The van der Waals surface area contributed by atoms with Crippen molar-refractivity contribution in [3.63, 3.8) is 0 Å². The van der Waals surface area contributed by atoms with Crippen molar-refractivity contribution in [2.24, 2.45) is 5.92 Å². The van der Waals surface area contributed by atoms with Crippen molar-refractivity contribution in [3.8, 4) is 0 Å². The van der Waals surface area contributed by atoms with Gasteiger partial charge >= 0.3 is 5.97 Å². The van der Waals surface area contributed by atoms with E-state index in [0.717, 1.165) is 26.3 Å². The third-order valence-corrected chi connectivity index (χ3v) is 1.82. The Kier molecular flexibility index (Phi) is 7.06. The van der Waals surface area contributed by atoms with Crippen LogP contribution >= 0.6 is 0 Å². The molecule has 4 nitrogen and oxygen atoms in total. The summed E-state index contributed by atoms with van der Waals surface area (Å²) >= 11 is 0. The van der Waals surface area contributed by atoms with Gasteiger partial charge in [-0.3, -0.25) is 0 Å². The molecule has 0 aliphatic carbocycles. The maximum atomic E-state index is 10.0. The minimum absolute atomic E-state index is 0.0486. The lowest BCUT2D eigenvalue weighted by atomic mass is 10.1. The monoisotopic (exact) mass is 201 g/mol. The molecule has 0 bridgehead atoms. The number of carbonyl (C=O) groups is 1. The Hall–Kier alpha value is -0.870. The number of nitrogens with one attached hydrogen (secondary N) is 1. The Morgan fingerprint density at radius 1 is 1.43 bits per heavy atom. The van der Waals surface area contributed by atoms with E-state index in [1.807, 2.05) is 0 Å². The summed E-state index contributed by atoms with van der Waals surface area (Å²) < 4.78 is 5.01. The largest absolute Gasteiger partial charge is 0.478 e. The summed E-state index contributed by atoms with van der Waals surface area (Å²) in [5.41, 5.74) is 0.269. The zero-order valence-electron chi connectivity index (χ0n) is 8.88. The third kappa shape index (κ3) is 6.62. The molecule has 4 heteroatoms. The molecular formula is C10H19NO3. The van der Waals surface area contributed by atoms with Gasteiger partial charge in [-0.15, -0.1) is 0 Å². The van der Waals surface area contributed by atoms with Gasteiger partial charge in [0.05, 0.1) is 13.2 Å². The fourth-order valence-corrected chi connectivity index (χ4v) is 0.763. The van der Waals surface area contributed by atoms with Crippen LogP contribution in [0.25, 0.3) is 0 Å². The molecule has 82 valence electrons. The van der Waals surface area contributed by atoms with Gasteiger partial charge in [0.15, 0.2) is 0 Å². The second-order valence-electron chi connectivity index (χ2n) is 3.35.